The fourth-order valence-electron chi connectivity index (χ4n) is 3.21. The average molecular weight is 342 g/mol. The molecule has 0 unspecified atom stereocenters. The minimum Gasteiger partial charge on any atom is -0.496 e. The number of rotatable bonds is 7. The zero-order valence-electron chi connectivity index (χ0n) is 15.0. The van der Waals surface area contributed by atoms with Gasteiger partial charge in [-0.2, -0.15) is 0 Å². The Morgan fingerprint density at radius 3 is 2.76 bits per heavy atom. The van der Waals surface area contributed by atoms with Gasteiger partial charge >= 0.3 is 0 Å². The molecule has 25 heavy (non-hydrogen) atoms. The van der Waals surface area contributed by atoms with Crippen LogP contribution in [0.3, 0.4) is 0 Å². The van der Waals surface area contributed by atoms with Crippen LogP contribution in [0.4, 0.5) is 0 Å². The van der Waals surface area contributed by atoms with Gasteiger partial charge in [0, 0.05) is 32.3 Å². The molecular formula is C19H26N4O2. The van der Waals surface area contributed by atoms with Crippen LogP contribution in [0, 0.1) is 0 Å². The van der Waals surface area contributed by atoms with Gasteiger partial charge in [-0.05, 0) is 18.9 Å². The Morgan fingerprint density at radius 1 is 1.20 bits per heavy atom. The molecule has 1 aliphatic rings. The predicted molar refractivity (Wildman–Crippen MR) is 97.5 cm³/mol. The third-order valence-electron chi connectivity index (χ3n) is 4.58. The van der Waals surface area contributed by atoms with E-state index in [2.05, 4.69) is 33.4 Å². The van der Waals surface area contributed by atoms with E-state index < -0.39 is 0 Å². The van der Waals surface area contributed by atoms with Crippen LogP contribution in [0.15, 0.2) is 36.5 Å². The van der Waals surface area contributed by atoms with Gasteiger partial charge in [0.2, 0.25) is 0 Å². The first-order valence-electron chi connectivity index (χ1n) is 8.71. The second kappa shape index (κ2) is 8.78. The third kappa shape index (κ3) is 4.67. The number of piperidine rings is 1. The molecule has 1 aromatic heterocycles. The zero-order valence-corrected chi connectivity index (χ0v) is 15.0. The number of hydrogen-bond acceptors (Lipinski definition) is 5. The lowest BCUT2D eigenvalue weighted by atomic mass is 10.1. The van der Waals surface area contributed by atoms with Crippen LogP contribution in [0.25, 0.3) is 6.08 Å². The molecule has 1 aliphatic heterocycles. The number of ether oxygens (including phenoxy) is 2. The van der Waals surface area contributed by atoms with E-state index >= 15 is 0 Å². The molecule has 0 N–H and O–H groups in total. The summed E-state index contributed by atoms with van der Waals surface area (Å²) in [5, 5.41) is 8.40. The summed E-state index contributed by atoms with van der Waals surface area (Å²) in [6.45, 7) is 3.62. The van der Waals surface area contributed by atoms with Crippen molar-refractivity contribution in [1.29, 1.82) is 0 Å². The highest BCUT2D eigenvalue weighted by atomic mass is 16.5. The Bertz CT molecular complexity index is 690. The number of benzene rings is 1. The lowest BCUT2D eigenvalue weighted by Gasteiger charge is -2.30. The number of para-hydroxylation sites is 1. The Balaban J connectivity index is 1.48. The monoisotopic (exact) mass is 342 g/mol. The van der Waals surface area contributed by atoms with Crippen molar-refractivity contribution in [1.82, 2.24) is 19.9 Å². The Labute approximate surface area is 149 Å². The molecular weight excluding hydrogens is 316 g/mol. The lowest BCUT2D eigenvalue weighted by Crippen LogP contribution is -2.34. The second-order valence-corrected chi connectivity index (χ2v) is 6.30. The van der Waals surface area contributed by atoms with Gasteiger partial charge in [-0.15, -0.1) is 5.10 Å². The molecule has 0 aliphatic carbocycles. The molecule has 6 nitrogen and oxygen atoms in total. The Kier molecular flexibility index (Phi) is 6.19. The van der Waals surface area contributed by atoms with Gasteiger partial charge < -0.3 is 9.47 Å². The zero-order chi connectivity index (χ0) is 17.5. The Hall–Kier alpha value is -2.18. The molecule has 0 saturated carbocycles. The summed E-state index contributed by atoms with van der Waals surface area (Å²) in [5.41, 5.74) is 2.01. The molecule has 2 aromatic rings. The van der Waals surface area contributed by atoms with E-state index in [-0.39, 0.29) is 0 Å². The highest BCUT2D eigenvalue weighted by molar-refractivity contribution is 5.57. The maximum absolute atomic E-state index is 5.38. The minimum atomic E-state index is 0.438. The van der Waals surface area contributed by atoms with Crippen LogP contribution in [-0.4, -0.2) is 53.7 Å². The van der Waals surface area contributed by atoms with E-state index in [4.69, 9.17) is 9.47 Å². The summed E-state index contributed by atoms with van der Waals surface area (Å²) in [7, 11) is 3.38. The summed E-state index contributed by atoms with van der Waals surface area (Å²) in [6.07, 6.45) is 8.55. The maximum Gasteiger partial charge on any atom is 0.126 e. The Morgan fingerprint density at radius 2 is 2.00 bits per heavy atom. The molecule has 2 heterocycles. The summed E-state index contributed by atoms with van der Waals surface area (Å²) >= 11 is 0. The standard InChI is InChI=1S/C19H26N4O2/c1-24-15-17-14-23(21-20-17)18-9-12-22(13-10-18)11-5-7-16-6-3-4-8-19(16)25-2/h3-8,14,18H,9-13,15H2,1-2H3. The fraction of sp³-hybridized carbons (Fsp3) is 0.474. The van der Waals surface area contributed by atoms with E-state index in [0.717, 1.165) is 49.5 Å². The molecule has 3 rings (SSSR count). The van der Waals surface area contributed by atoms with Crippen LogP contribution >= 0.6 is 0 Å². The van der Waals surface area contributed by atoms with Gasteiger partial charge in [-0.25, -0.2) is 4.68 Å². The molecule has 1 fully saturated rings. The molecule has 1 aromatic carbocycles. The van der Waals surface area contributed by atoms with Crippen LogP contribution in [0.1, 0.15) is 30.1 Å². The molecule has 0 atom stereocenters. The van der Waals surface area contributed by atoms with Gasteiger partial charge in [0.25, 0.3) is 0 Å². The second-order valence-electron chi connectivity index (χ2n) is 6.30. The van der Waals surface area contributed by atoms with Crippen LogP contribution in [0.5, 0.6) is 5.75 Å². The van der Waals surface area contributed by atoms with Crippen LogP contribution < -0.4 is 4.74 Å². The van der Waals surface area contributed by atoms with Gasteiger partial charge in [0.05, 0.1) is 26.0 Å². The third-order valence-corrected chi connectivity index (χ3v) is 4.58. The van der Waals surface area contributed by atoms with Gasteiger partial charge in [-0.1, -0.05) is 35.6 Å². The number of likely N-dealkylation sites (tertiary alicyclic amines) is 1. The van der Waals surface area contributed by atoms with Gasteiger partial charge in [0.1, 0.15) is 11.4 Å². The van der Waals surface area contributed by atoms with E-state index in [0.29, 0.717) is 12.6 Å². The SMILES string of the molecule is COCc1cn(C2CCN(CC=Cc3ccccc3OC)CC2)nn1. The first-order valence-corrected chi connectivity index (χ1v) is 8.71. The van der Waals surface area contributed by atoms with Crippen LogP contribution in [0.2, 0.25) is 0 Å². The quantitative estimate of drug-likeness (QED) is 0.774. The van der Waals surface area contributed by atoms with Crippen molar-refractivity contribution in [2.75, 3.05) is 33.9 Å². The summed E-state index contributed by atoms with van der Waals surface area (Å²) in [4.78, 5) is 2.47. The molecule has 0 spiro atoms. The first-order chi connectivity index (χ1) is 12.3. The van der Waals surface area contributed by atoms with Crippen molar-refractivity contribution < 1.29 is 9.47 Å². The van der Waals surface area contributed by atoms with E-state index in [9.17, 15) is 0 Å². The van der Waals surface area contributed by atoms with E-state index in [1.54, 1.807) is 14.2 Å². The summed E-state index contributed by atoms with van der Waals surface area (Å²) in [5.74, 6) is 0.913. The summed E-state index contributed by atoms with van der Waals surface area (Å²) in [6, 6.07) is 8.52. The van der Waals surface area contributed by atoms with Crippen molar-refractivity contribution in [3.8, 4) is 5.75 Å². The van der Waals surface area contributed by atoms with Crippen LogP contribution in [-0.2, 0) is 11.3 Å². The number of methoxy groups -OCH3 is 2. The molecule has 1 saturated heterocycles. The van der Waals surface area contributed by atoms with E-state index in [1.807, 2.05) is 29.1 Å². The highest BCUT2D eigenvalue weighted by Crippen LogP contribution is 2.22. The molecule has 0 amide bonds. The van der Waals surface area contributed by atoms with Gasteiger partial charge in [-0.3, -0.25) is 4.90 Å². The lowest BCUT2D eigenvalue weighted by molar-refractivity contribution is 0.181. The molecule has 0 radical (unpaired) electrons. The fourth-order valence-corrected chi connectivity index (χ4v) is 3.21. The maximum atomic E-state index is 5.38. The predicted octanol–water partition coefficient (Wildman–Crippen LogP) is 2.78. The molecule has 6 heteroatoms. The van der Waals surface area contributed by atoms with Gasteiger partial charge in [0.15, 0.2) is 0 Å². The molecule has 134 valence electrons. The van der Waals surface area contributed by atoms with Crippen molar-refractivity contribution in [3.63, 3.8) is 0 Å². The topological polar surface area (TPSA) is 52.4 Å². The smallest absolute Gasteiger partial charge is 0.126 e. The van der Waals surface area contributed by atoms with Crippen molar-refractivity contribution >= 4 is 6.08 Å². The number of aromatic nitrogens is 3. The summed E-state index contributed by atoms with van der Waals surface area (Å²) < 4.78 is 12.5. The first kappa shape index (κ1) is 17.6. The minimum absolute atomic E-state index is 0.438. The average Bonchev–Trinajstić information content (AvgIpc) is 3.12. The number of nitrogens with zero attached hydrogens (tertiary/aromatic N) is 4. The van der Waals surface area contributed by atoms with E-state index in [1.165, 1.54) is 0 Å². The van der Waals surface area contributed by atoms with Crippen molar-refractivity contribution in [2.24, 2.45) is 0 Å². The number of hydrogen-bond donors (Lipinski definition) is 0. The highest BCUT2D eigenvalue weighted by Gasteiger charge is 2.20. The van der Waals surface area contributed by atoms with Crippen molar-refractivity contribution in [3.05, 3.63) is 47.8 Å². The van der Waals surface area contributed by atoms with Crippen molar-refractivity contribution in [2.45, 2.75) is 25.5 Å². The molecule has 0 bridgehead atoms. The normalized spacial score (nSPS) is 16.6. The largest absolute Gasteiger partial charge is 0.496 e.